The number of aromatic nitrogens is 3. The van der Waals surface area contributed by atoms with Gasteiger partial charge in [0.05, 0.1) is 6.20 Å². The van der Waals surface area contributed by atoms with Gasteiger partial charge in [0, 0.05) is 23.7 Å². The summed E-state index contributed by atoms with van der Waals surface area (Å²) in [6, 6.07) is 4.35. The van der Waals surface area contributed by atoms with Gasteiger partial charge in [0.1, 0.15) is 17.7 Å². The number of H-pyrrole nitrogens is 1. The van der Waals surface area contributed by atoms with Crippen molar-refractivity contribution in [3.05, 3.63) is 30.1 Å². The number of anilines is 2. The number of alkyl halides is 3. The van der Waals surface area contributed by atoms with E-state index in [4.69, 9.17) is 4.74 Å². The molecule has 0 aromatic carbocycles. The highest BCUT2D eigenvalue weighted by Gasteiger charge is 2.31. The maximum atomic E-state index is 12.2. The SMILES string of the molecule is CC(C)NC(=O)OC1CCC(c2cc(Nc3ccc(OC(F)(F)F)cn3)n[nH]2)C1. The lowest BCUT2D eigenvalue weighted by molar-refractivity contribution is -0.274. The fraction of sp³-hybridized carbons (Fsp3) is 0.500. The van der Waals surface area contributed by atoms with Crippen LogP contribution in [-0.4, -0.2) is 39.8 Å². The van der Waals surface area contributed by atoms with E-state index in [-0.39, 0.29) is 18.1 Å². The smallest absolute Gasteiger partial charge is 0.446 e. The number of amides is 1. The van der Waals surface area contributed by atoms with E-state index in [1.807, 2.05) is 19.9 Å². The van der Waals surface area contributed by atoms with E-state index in [0.717, 1.165) is 30.8 Å². The minimum atomic E-state index is -4.76. The van der Waals surface area contributed by atoms with Crippen molar-refractivity contribution in [3.63, 3.8) is 0 Å². The minimum absolute atomic E-state index is 0.0173. The first-order chi connectivity index (χ1) is 13.7. The molecule has 8 nitrogen and oxygen atoms in total. The van der Waals surface area contributed by atoms with Gasteiger partial charge in [0.25, 0.3) is 0 Å². The Morgan fingerprint density at radius 1 is 1.28 bits per heavy atom. The molecule has 29 heavy (non-hydrogen) atoms. The summed E-state index contributed by atoms with van der Waals surface area (Å²) < 4.78 is 45.7. The van der Waals surface area contributed by atoms with Gasteiger partial charge in [-0.15, -0.1) is 13.2 Å². The highest BCUT2D eigenvalue weighted by Crippen LogP contribution is 2.36. The number of nitrogens with zero attached hydrogens (tertiary/aromatic N) is 2. The standard InChI is InChI=1S/C18H22F3N5O3/c1-10(2)23-17(27)28-12-4-3-11(7-12)14-8-16(26-25-14)24-15-6-5-13(9-22-15)29-18(19,20)21/h5-6,8-12H,3-4,7H2,1-2H3,(H,23,27)(H2,22,24,25,26). The summed E-state index contributed by atoms with van der Waals surface area (Å²) in [5.41, 5.74) is 0.889. The number of hydrogen-bond donors (Lipinski definition) is 3. The summed E-state index contributed by atoms with van der Waals surface area (Å²) in [4.78, 5) is 15.6. The second kappa shape index (κ2) is 8.58. The van der Waals surface area contributed by atoms with Crippen molar-refractivity contribution < 1.29 is 27.4 Å². The summed E-state index contributed by atoms with van der Waals surface area (Å²) in [6.45, 7) is 3.73. The monoisotopic (exact) mass is 413 g/mol. The molecule has 0 radical (unpaired) electrons. The fourth-order valence-corrected chi connectivity index (χ4v) is 3.14. The largest absolute Gasteiger partial charge is 0.573 e. The van der Waals surface area contributed by atoms with Crippen molar-refractivity contribution in [2.45, 2.75) is 57.5 Å². The lowest BCUT2D eigenvalue weighted by Gasteiger charge is -2.14. The third-order valence-electron chi connectivity index (χ3n) is 4.33. The van der Waals surface area contributed by atoms with Crippen LogP contribution in [0.25, 0.3) is 0 Å². The van der Waals surface area contributed by atoms with E-state index in [1.54, 1.807) is 0 Å². The zero-order valence-electron chi connectivity index (χ0n) is 15.9. The highest BCUT2D eigenvalue weighted by atomic mass is 19.4. The second-order valence-electron chi connectivity index (χ2n) is 7.10. The molecule has 1 aliphatic rings. The predicted octanol–water partition coefficient (Wildman–Crippen LogP) is 4.22. The number of aromatic amines is 1. The molecular weight excluding hydrogens is 391 g/mol. The second-order valence-corrected chi connectivity index (χ2v) is 7.10. The Morgan fingerprint density at radius 2 is 2.07 bits per heavy atom. The Bertz CT molecular complexity index is 823. The molecule has 3 N–H and O–H groups in total. The third-order valence-corrected chi connectivity index (χ3v) is 4.33. The molecule has 0 saturated heterocycles. The van der Waals surface area contributed by atoms with Gasteiger partial charge >= 0.3 is 12.5 Å². The van der Waals surface area contributed by atoms with E-state index in [9.17, 15) is 18.0 Å². The average Bonchev–Trinajstić information content (AvgIpc) is 3.24. The van der Waals surface area contributed by atoms with Gasteiger partial charge in [-0.1, -0.05) is 0 Å². The summed E-state index contributed by atoms with van der Waals surface area (Å²) in [6.07, 6.45) is -2.04. The van der Waals surface area contributed by atoms with E-state index in [1.165, 1.54) is 6.07 Å². The van der Waals surface area contributed by atoms with Crippen LogP contribution in [0.4, 0.5) is 29.6 Å². The average molecular weight is 413 g/mol. The van der Waals surface area contributed by atoms with Crippen LogP contribution < -0.4 is 15.4 Å². The molecule has 1 saturated carbocycles. The first-order valence-corrected chi connectivity index (χ1v) is 9.19. The van der Waals surface area contributed by atoms with Gasteiger partial charge in [0.2, 0.25) is 0 Å². The molecule has 0 bridgehead atoms. The summed E-state index contributed by atoms with van der Waals surface area (Å²) >= 11 is 0. The molecule has 2 unspecified atom stereocenters. The van der Waals surface area contributed by atoms with Crippen molar-refractivity contribution >= 4 is 17.7 Å². The molecule has 0 aliphatic heterocycles. The maximum absolute atomic E-state index is 12.2. The summed E-state index contributed by atoms with van der Waals surface area (Å²) in [7, 11) is 0. The van der Waals surface area contributed by atoms with Crippen LogP contribution in [0.1, 0.15) is 44.7 Å². The first kappa shape index (κ1) is 20.7. The highest BCUT2D eigenvalue weighted by molar-refractivity contribution is 5.67. The summed E-state index contributed by atoms with van der Waals surface area (Å²) in [5, 5.41) is 12.7. The number of carbonyl (C=O) groups is 1. The van der Waals surface area contributed by atoms with Gasteiger partial charge in [-0.05, 0) is 45.2 Å². The van der Waals surface area contributed by atoms with Crippen molar-refractivity contribution in [2.24, 2.45) is 0 Å². The molecule has 11 heteroatoms. The first-order valence-electron chi connectivity index (χ1n) is 9.19. The Morgan fingerprint density at radius 3 is 2.72 bits per heavy atom. The normalized spacial score (nSPS) is 19.2. The number of carbonyl (C=O) groups excluding carboxylic acids is 1. The van der Waals surface area contributed by atoms with Crippen molar-refractivity contribution in [2.75, 3.05) is 5.32 Å². The number of halogens is 3. The van der Waals surface area contributed by atoms with E-state index < -0.39 is 18.2 Å². The Balaban J connectivity index is 1.53. The summed E-state index contributed by atoms with van der Waals surface area (Å²) in [5.74, 6) is 0.587. The number of nitrogens with one attached hydrogen (secondary N) is 3. The lowest BCUT2D eigenvalue weighted by atomic mass is 10.0. The third kappa shape index (κ3) is 6.26. The number of pyridine rings is 1. The molecule has 0 spiro atoms. The van der Waals surface area contributed by atoms with E-state index in [0.29, 0.717) is 18.1 Å². The topological polar surface area (TPSA) is 101 Å². The van der Waals surface area contributed by atoms with Gasteiger partial charge in [-0.2, -0.15) is 5.10 Å². The van der Waals surface area contributed by atoms with E-state index >= 15 is 0 Å². The molecule has 158 valence electrons. The Kier molecular flexibility index (Phi) is 6.14. The zero-order valence-corrected chi connectivity index (χ0v) is 15.9. The van der Waals surface area contributed by atoms with Gasteiger partial charge in [-0.3, -0.25) is 5.10 Å². The van der Waals surface area contributed by atoms with Crippen molar-refractivity contribution in [1.82, 2.24) is 20.5 Å². The van der Waals surface area contributed by atoms with Crippen LogP contribution in [-0.2, 0) is 4.74 Å². The van der Waals surface area contributed by atoms with Crippen LogP contribution in [0, 0.1) is 0 Å². The van der Waals surface area contributed by atoms with Gasteiger partial charge in [-0.25, -0.2) is 9.78 Å². The molecule has 1 fully saturated rings. The van der Waals surface area contributed by atoms with Gasteiger partial charge in [0.15, 0.2) is 5.82 Å². The van der Waals surface area contributed by atoms with Crippen LogP contribution in [0.15, 0.2) is 24.4 Å². The zero-order chi connectivity index (χ0) is 21.0. The molecule has 2 heterocycles. The predicted molar refractivity (Wildman–Crippen MR) is 97.9 cm³/mol. The molecule has 1 aliphatic carbocycles. The lowest BCUT2D eigenvalue weighted by Crippen LogP contribution is -2.33. The van der Waals surface area contributed by atoms with Crippen molar-refractivity contribution in [3.8, 4) is 5.75 Å². The molecule has 2 aromatic rings. The Labute approximate surface area is 165 Å². The molecule has 3 rings (SSSR count). The number of alkyl carbamates (subject to hydrolysis) is 1. The van der Waals surface area contributed by atoms with Crippen LogP contribution >= 0.6 is 0 Å². The van der Waals surface area contributed by atoms with Crippen LogP contribution in [0.2, 0.25) is 0 Å². The fourth-order valence-electron chi connectivity index (χ4n) is 3.14. The molecule has 1 amide bonds. The molecule has 2 aromatic heterocycles. The minimum Gasteiger partial charge on any atom is -0.446 e. The number of rotatable bonds is 6. The quantitative estimate of drug-likeness (QED) is 0.656. The Hall–Kier alpha value is -2.98. The molecular formula is C18H22F3N5O3. The number of hydrogen-bond acceptors (Lipinski definition) is 6. The van der Waals surface area contributed by atoms with Gasteiger partial charge < -0.3 is 20.1 Å². The van der Waals surface area contributed by atoms with E-state index in [2.05, 4.69) is 30.6 Å². The van der Waals surface area contributed by atoms with Crippen LogP contribution in [0.3, 0.4) is 0 Å². The van der Waals surface area contributed by atoms with Crippen molar-refractivity contribution in [1.29, 1.82) is 0 Å². The van der Waals surface area contributed by atoms with Crippen LogP contribution in [0.5, 0.6) is 5.75 Å². The molecule has 2 atom stereocenters. The number of ether oxygens (including phenoxy) is 2. The maximum Gasteiger partial charge on any atom is 0.573 e.